The average molecular weight is 431 g/mol. The van der Waals surface area contributed by atoms with Crippen LogP contribution < -0.4 is 10.6 Å². The van der Waals surface area contributed by atoms with Crippen LogP contribution in [0.4, 0.5) is 0 Å². The van der Waals surface area contributed by atoms with Crippen molar-refractivity contribution in [1.29, 1.82) is 0 Å². The van der Waals surface area contributed by atoms with Gasteiger partial charge >= 0.3 is 0 Å². The Hall–Kier alpha value is -1.15. The summed E-state index contributed by atoms with van der Waals surface area (Å²) in [6.07, 6.45) is 3.75. The SMILES string of the molecule is CCNC(=NCc1ccc(SC)cc1)NCc1ccco1.I. The summed E-state index contributed by atoms with van der Waals surface area (Å²) in [5.74, 6) is 1.69. The van der Waals surface area contributed by atoms with Crippen LogP contribution in [-0.2, 0) is 13.1 Å². The van der Waals surface area contributed by atoms with Crippen molar-refractivity contribution in [2.75, 3.05) is 12.8 Å². The van der Waals surface area contributed by atoms with E-state index in [1.807, 2.05) is 12.1 Å². The van der Waals surface area contributed by atoms with E-state index >= 15 is 0 Å². The molecule has 0 aliphatic rings. The third kappa shape index (κ3) is 6.31. The zero-order chi connectivity index (χ0) is 14.9. The van der Waals surface area contributed by atoms with Crippen LogP contribution in [0.3, 0.4) is 0 Å². The summed E-state index contributed by atoms with van der Waals surface area (Å²) in [6.45, 7) is 4.17. The molecule has 0 saturated carbocycles. The highest BCUT2D eigenvalue weighted by Crippen LogP contribution is 2.15. The predicted octanol–water partition coefficient (Wildman–Crippen LogP) is 3.87. The summed E-state index contributed by atoms with van der Waals surface area (Å²) in [5.41, 5.74) is 1.20. The quantitative estimate of drug-likeness (QED) is 0.316. The number of rotatable bonds is 6. The topological polar surface area (TPSA) is 49.6 Å². The molecule has 1 aromatic heterocycles. The molecule has 0 radical (unpaired) electrons. The van der Waals surface area contributed by atoms with Crippen molar-refractivity contribution in [1.82, 2.24) is 10.6 Å². The Kier molecular flexibility index (Phi) is 9.07. The van der Waals surface area contributed by atoms with E-state index in [1.165, 1.54) is 10.5 Å². The Balaban J connectivity index is 0.00000242. The molecule has 2 aromatic rings. The Labute approximate surface area is 153 Å². The fourth-order valence-corrected chi connectivity index (χ4v) is 2.24. The second kappa shape index (κ2) is 10.6. The van der Waals surface area contributed by atoms with Crippen molar-refractivity contribution in [3.05, 3.63) is 54.0 Å². The van der Waals surface area contributed by atoms with Gasteiger partial charge in [-0.25, -0.2) is 4.99 Å². The summed E-state index contributed by atoms with van der Waals surface area (Å²) in [7, 11) is 0. The number of benzene rings is 1. The van der Waals surface area contributed by atoms with E-state index in [0.29, 0.717) is 13.1 Å². The molecule has 1 heterocycles. The lowest BCUT2D eigenvalue weighted by atomic mass is 10.2. The standard InChI is InChI=1S/C16H21N3OS.HI/c1-3-17-16(19-12-14-5-4-10-20-14)18-11-13-6-8-15(21-2)9-7-13;/h4-10H,3,11-12H2,1-2H3,(H2,17,18,19);1H. The molecule has 0 bridgehead atoms. The number of hydrogen-bond donors (Lipinski definition) is 2. The van der Waals surface area contributed by atoms with Crippen LogP contribution in [0.2, 0.25) is 0 Å². The first-order valence-electron chi connectivity index (χ1n) is 6.99. The Bertz CT molecular complexity index is 555. The van der Waals surface area contributed by atoms with E-state index in [9.17, 15) is 0 Å². The highest BCUT2D eigenvalue weighted by atomic mass is 127. The molecule has 0 aliphatic heterocycles. The molecule has 0 unspecified atom stereocenters. The molecule has 0 spiro atoms. The number of thioether (sulfide) groups is 1. The minimum Gasteiger partial charge on any atom is -0.467 e. The van der Waals surface area contributed by atoms with Gasteiger partial charge in [-0.1, -0.05) is 12.1 Å². The second-order valence-electron chi connectivity index (χ2n) is 4.48. The van der Waals surface area contributed by atoms with Gasteiger partial charge in [0.15, 0.2) is 5.96 Å². The molecule has 2 N–H and O–H groups in total. The number of aliphatic imine (C=N–C) groups is 1. The van der Waals surface area contributed by atoms with E-state index in [0.717, 1.165) is 18.3 Å². The van der Waals surface area contributed by atoms with E-state index < -0.39 is 0 Å². The van der Waals surface area contributed by atoms with Gasteiger partial charge in [0.05, 0.1) is 19.4 Å². The third-order valence-corrected chi connectivity index (χ3v) is 3.68. The number of furan rings is 1. The molecule has 22 heavy (non-hydrogen) atoms. The first kappa shape index (κ1) is 18.9. The van der Waals surface area contributed by atoms with Crippen molar-refractivity contribution in [2.45, 2.75) is 24.9 Å². The summed E-state index contributed by atoms with van der Waals surface area (Å²) in [4.78, 5) is 5.85. The Morgan fingerprint density at radius 1 is 1.18 bits per heavy atom. The maximum Gasteiger partial charge on any atom is 0.191 e. The molecule has 0 amide bonds. The number of halogens is 1. The molecule has 0 saturated heterocycles. The lowest BCUT2D eigenvalue weighted by Gasteiger charge is -2.10. The summed E-state index contributed by atoms with van der Waals surface area (Å²) in [6, 6.07) is 12.3. The average Bonchev–Trinajstić information content (AvgIpc) is 3.04. The Morgan fingerprint density at radius 2 is 1.95 bits per heavy atom. The Morgan fingerprint density at radius 3 is 2.55 bits per heavy atom. The van der Waals surface area contributed by atoms with Gasteiger partial charge < -0.3 is 15.1 Å². The summed E-state index contributed by atoms with van der Waals surface area (Å²) < 4.78 is 5.30. The predicted molar refractivity (Wildman–Crippen MR) is 104 cm³/mol. The van der Waals surface area contributed by atoms with Crippen molar-refractivity contribution in [2.24, 2.45) is 4.99 Å². The van der Waals surface area contributed by atoms with Crippen molar-refractivity contribution in [3.63, 3.8) is 0 Å². The van der Waals surface area contributed by atoms with Crippen molar-refractivity contribution >= 4 is 41.7 Å². The van der Waals surface area contributed by atoms with Crippen LogP contribution in [0.1, 0.15) is 18.2 Å². The van der Waals surface area contributed by atoms with Crippen LogP contribution in [0.5, 0.6) is 0 Å². The highest BCUT2D eigenvalue weighted by molar-refractivity contribution is 14.0. The zero-order valence-corrected chi connectivity index (χ0v) is 16.0. The van der Waals surface area contributed by atoms with Gasteiger partial charge in [-0.05, 0) is 43.0 Å². The fourth-order valence-electron chi connectivity index (χ4n) is 1.83. The second-order valence-corrected chi connectivity index (χ2v) is 5.36. The molecule has 1 aromatic carbocycles. The number of nitrogens with one attached hydrogen (secondary N) is 2. The van der Waals surface area contributed by atoms with Gasteiger partial charge in [0.1, 0.15) is 5.76 Å². The number of guanidine groups is 1. The first-order valence-corrected chi connectivity index (χ1v) is 8.21. The molecule has 6 heteroatoms. The van der Waals surface area contributed by atoms with E-state index in [-0.39, 0.29) is 24.0 Å². The maximum atomic E-state index is 5.30. The maximum absolute atomic E-state index is 5.30. The van der Waals surface area contributed by atoms with E-state index in [1.54, 1.807) is 18.0 Å². The summed E-state index contributed by atoms with van der Waals surface area (Å²) in [5, 5.41) is 6.49. The number of hydrogen-bond acceptors (Lipinski definition) is 3. The first-order chi connectivity index (χ1) is 10.3. The van der Waals surface area contributed by atoms with Crippen LogP contribution in [0.15, 0.2) is 57.0 Å². The van der Waals surface area contributed by atoms with Gasteiger partial charge in [0.25, 0.3) is 0 Å². The minimum absolute atomic E-state index is 0. The van der Waals surface area contributed by atoms with Crippen LogP contribution >= 0.6 is 35.7 Å². The number of nitrogens with zero attached hydrogens (tertiary/aromatic N) is 1. The van der Waals surface area contributed by atoms with Gasteiger partial charge in [-0.15, -0.1) is 35.7 Å². The van der Waals surface area contributed by atoms with Crippen LogP contribution in [0, 0.1) is 0 Å². The fraction of sp³-hybridized carbons (Fsp3) is 0.312. The van der Waals surface area contributed by atoms with Crippen molar-refractivity contribution in [3.8, 4) is 0 Å². The lowest BCUT2D eigenvalue weighted by Crippen LogP contribution is -2.36. The van der Waals surface area contributed by atoms with Crippen LogP contribution in [-0.4, -0.2) is 18.8 Å². The minimum atomic E-state index is 0. The van der Waals surface area contributed by atoms with Gasteiger partial charge in [0.2, 0.25) is 0 Å². The van der Waals surface area contributed by atoms with Crippen molar-refractivity contribution < 1.29 is 4.42 Å². The van der Waals surface area contributed by atoms with Gasteiger partial charge in [-0.2, -0.15) is 0 Å². The van der Waals surface area contributed by atoms with E-state index in [4.69, 9.17) is 4.42 Å². The molecule has 0 atom stereocenters. The largest absolute Gasteiger partial charge is 0.467 e. The normalized spacial score (nSPS) is 10.9. The molecular formula is C16H22IN3OS. The highest BCUT2D eigenvalue weighted by Gasteiger charge is 2.00. The molecule has 0 aliphatic carbocycles. The van der Waals surface area contributed by atoms with Gasteiger partial charge in [-0.3, -0.25) is 0 Å². The summed E-state index contributed by atoms with van der Waals surface area (Å²) >= 11 is 1.75. The van der Waals surface area contributed by atoms with Crippen LogP contribution in [0.25, 0.3) is 0 Å². The smallest absolute Gasteiger partial charge is 0.191 e. The van der Waals surface area contributed by atoms with E-state index in [2.05, 4.69) is 53.1 Å². The molecule has 120 valence electrons. The van der Waals surface area contributed by atoms with Gasteiger partial charge in [0, 0.05) is 11.4 Å². The monoisotopic (exact) mass is 431 g/mol. The molecule has 2 rings (SSSR count). The molecular weight excluding hydrogens is 409 g/mol. The third-order valence-electron chi connectivity index (χ3n) is 2.93. The zero-order valence-electron chi connectivity index (χ0n) is 12.8. The molecule has 0 fully saturated rings. The molecule has 4 nitrogen and oxygen atoms in total. The lowest BCUT2D eigenvalue weighted by molar-refractivity contribution is 0.501.